The predicted molar refractivity (Wildman–Crippen MR) is 147 cm³/mol. The molecule has 2 aromatic carbocycles. The molecule has 3 rings (SSSR count). The second kappa shape index (κ2) is 13.7. The van der Waals surface area contributed by atoms with Gasteiger partial charge in [-0.2, -0.15) is 5.10 Å². The maximum atomic E-state index is 12.4. The number of aryl methyl sites for hydroxylation is 1. The van der Waals surface area contributed by atoms with Crippen molar-refractivity contribution in [2.75, 3.05) is 18.5 Å². The van der Waals surface area contributed by atoms with Crippen LogP contribution in [0.1, 0.15) is 23.8 Å². The second-order valence-electron chi connectivity index (χ2n) is 7.52. The fraction of sp³-hybridized carbons (Fsp3) is 0.200. The fourth-order valence-corrected chi connectivity index (χ4v) is 3.91. The van der Waals surface area contributed by atoms with Gasteiger partial charge in [-0.15, -0.1) is 0 Å². The van der Waals surface area contributed by atoms with Gasteiger partial charge in [0.05, 0.1) is 29.2 Å². The first kappa shape index (κ1) is 28.0. The number of carbonyl (C=O) groups is 3. The first-order valence-electron chi connectivity index (χ1n) is 11.1. The molecule has 37 heavy (non-hydrogen) atoms. The number of hydrogen-bond acceptors (Lipinski definition) is 7. The average molecular weight is 639 g/mol. The van der Waals surface area contributed by atoms with Gasteiger partial charge >= 0.3 is 11.8 Å². The van der Waals surface area contributed by atoms with E-state index in [0.29, 0.717) is 43.7 Å². The van der Waals surface area contributed by atoms with E-state index < -0.39 is 11.8 Å². The highest BCUT2D eigenvalue weighted by Crippen LogP contribution is 2.34. The monoisotopic (exact) mass is 638 g/mol. The summed E-state index contributed by atoms with van der Waals surface area (Å²) in [5.41, 5.74) is 4.22. The number of benzene rings is 2. The van der Waals surface area contributed by atoms with E-state index >= 15 is 0 Å². The van der Waals surface area contributed by atoms with E-state index in [-0.39, 0.29) is 19.1 Å². The summed E-state index contributed by atoms with van der Waals surface area (Å²) in [6.45, 7) is 3.87. The zero-order valence-corrected chi connectivity index (χ0v) is 22.9. The number of halogens is 2. The van der Waals surface area contributed by atoms with Crippen LogP contribution in [0.5, 0.6) is 11.5 Å². The number of anilines is 1. The molecule has 0 saturated carbocycles. The van der Waals surface area contributed by atoms with Gasteiger partial charge in [-0.3, -0.25) is 14.4 Å². The smallest absolute Gasteiger partial charge is 0.329 e. The van der Waals surface area contributed by atoms with E-state index in [4.69, 9.17) is 25.5 Å². The lowest BCUT2D eigenvalue weighted by Gasteiger charge is -2.15. The van der Waals surface area contributed by atoms with Gasteiger partial charge in [0.15, 0.2) is 18.1 Å². The molecule has 0 spiro atoms. The van der Waals surface area contributed by atoms with Crippen molar-refractivity contribution in [2.24, 2.45) is 5.10 Å². The van der Waals surface area contributed by atoms with Gasteiger partial charge < -0.3 is 24.5 Å². The highest BCUT2D eigenvalue weighted by Gasteiger charge is 2.15. The summed E-state index contributed by atoms with van der Waals surface area (Å²) in [4.78, 5) is 36.2. The van der Waals surface area contributed by atoms with Crippen LogP contribution < -0.4 is 25.5 Å². The molecule has 0 radical (unpaired) electrons. The van der Waals surface area contributed by atoms with E-state index in [1.807, 2.05) is 42.5 Å². The van der Waals surface area contributed by atoms with Crippen molar-refractivity contribution < 1.29 is 28.3 Å². The number of nitrogens with zero attached hydrogens (tertiary/aromatic N) is 1. The summed E-state index contributed by atoms with van der Waals surface area (Å²) in [7, 11) is 0. The van der Waals surface area contributed by atoms with Crippen LogP contribution in [0.2, 0.25) is 5.02 Å². The third-order valence-corrected chi connectivity index (χ3v) is 5.93. The van der Waals surface area contributed by atoms with Gasteiger partial charge in [-0.05, 0) is 84.0 Å². The number of hydrazone groups is 1. The van der Waals surface area contributed by atoms with Crippen LogP contribution in [0.15, 0.2) is 58.2 Å². The topological polar surface area (TPSA) is 131 Å². The Morgan fingerprint density at radius 1 is 1.14 bits per heavy atom. The largest absolute Gasteiger partial charge is 0.490 e. The predicted octanol–water partition coefficient (Wildman–Crippen LogP) is 4.03. The minimum Gasteiger partial charge on any atom is -0.490 e. The number of furan rings is 1. The summed E-state index contributed by atoms with van der Waals surface area (Å²) in [6, 6.07) is 12.0. The maximum absolute atomic E-state index is 12.4. The molecule has 1 heterocycles. The van der Waals surface area contributed by atoms with Gasteiger partial charge in [0, 0.05) is 10.7 Å². The molecule has 0 aliphatic rings. The second-order valence-corrected chi connectivity index (χ2v) is 9.09. The molecule has 0 aliphatic carbocycles. The number of amides is 3. The minimum atomic E-state index is -0.927. The van der Waals surface area contributed by atoms with Crippen LogP contribution in [0.3, 0.4) is 0 Å². The molecule has 1 aromatic heterocycles. The Balaban J connectivity index is 1.58. The Hall–Kier alpha value is -3.58. The molecular weight excluding hydrogens is 615 g/mol. The number of hydrogen-bond donors (Lipinski definition) is 3. The van der Waals surface area contributed by atoms with Crippen molar-refractivity contribution in [1.29, 1.82) is 0 Å². The lowest BCUT2D eigenvalue weighted by Crippen LogP contribution is -2.37. The number of rotatable bonds is 10. The van der Waals surface area contributed by atoms with Crippen molar-refractivity contribution >= 4 is 63.8 Å². The van der Waals surface area contributed by atoms with Crippen LogP contribution in [-0.4, -0.2) is 37.1 Å². The fourth-order valence-electron chi connectivity index (χ4n) is 2.95. The summed E-state index contributed by atoms with van der Waals surface area (Å²) in [5, 5.41) is 9.54. The lowest BCUT2D eigenvalue weighted by molar-refractivity contribution is -0.139. The quantitative estimate of drug-likeness (QED) is 0.133. The molecule has 3 N–H and O–H groups in total. The molecule has 0 bridgehead atoms. The van der Waals surface area contributed by atoms with Crippen LogP contribution in [0, 0.1) is 10.5 Å². The molecule has 0 atom stereocenters. The summed E-state index contributed by atoms with van der Waals surface area (Å²) in [5.74, 6) is -0.849. The summed E-state index contributed by atoms with van der Waals surface area (Å²) < 4.78 is 17.2. The van der Waals surface area contributed by atoms with Gasteiger partial charge in [0.1, 0.15) is 5.76 Å². The van der Waals surface area contributed by atoms with Crippen LogP contribution in [0.25, 0.3) is 0 Å². The van der Waals surface area contributed by atoms with Gasteiger partial charge in [-0.1, -0.05) is 17.7 Å². The molecule has 0 aliphatic heterocycles. The zero-order valence-electron chi connectivity index (χ0n) is 20.0. The molecule has 0 saturated heterocycles. The average Bonchev–Trinajstić information content (AvgIpc) is 3.38. The van der Waals surface area contributed by atoms with Gasteiger partial charge in [0.2, 0.25) is 0 Å². The SMILES string of the molecule is CCOc1cc(/C=N\NC(=O)C(=O)NCc2ccco2)cc(I)c1OCC(=O)Nc1ccc(C)c(Cl)c1. The molecule has 3 amide bonds. The number of carbonyl (C=O) groups excluding carboxylic acids is 3. The van der Waals surface area contributed by atoms with Crippen molar-refractivity contribution in [3.05, 3.63) is 74.2 Å². The number of nitrogens with one attached hydrogen (secondary N) is 3. The van der Waals surface area contributed by atoms with E-state index in [9.17, 15) is 14.4 Å². The van der Waals surface area contributed by atoms with Crippen molar-refractivity contribution in [1.82, 2.24) is 10.7 Å². The Kier molecular flexibility index (Phi) is 10.3. The Bertz CT molecular complexity index is 1300. The normalized spacial score (nSPS) is 10.7. The van der Waals surface area contributed by atoms with Gasteiger partial charge in [0.25, 0.3) is 5.91 Å². The minimum absolute atomic E-state index is 0.0805. The molecule has 10 nitrogen and oxygen atoms in total. The van der Waals surface area contributed by atoms with E-state index in [1.54, 1.807) is 36.4 Å². The molecule has 12 heteroatoms. The summed E-state index contributed by atoms with van der Waals surface area (Å²) in [6.07, 6.45) is 2.83. The Morgan fingerprint density at radius 3 is 2.65 bits per heavy atom. The molecule has 0 fully saturated rings. The molecular formula is C25H24ClIN4O6. The maximum Gasteiger partial charge on any atom is 0.329 e. The molecule has 3 aromatic rings. The lowest BCUT2D eigenvalue weighted by atomic mass is 10.2. The van der Waals surface area contributed by atoms with E-state index in [2.05, 4.69) is 21.2 Å². The van der Waals surface area contributed by atoms with Crippen molar-refractivity contribution in [3.8, 4) is 11.5 Å². The molecule has 194 valence electrons. The zero-order chi connectivity index (χ0) is 26.8. The Morgan fingerprint density at radius 2 is 1.95 bits per heavy atom. The standard InChI is InChI=1S/C25H24ClIN4O6/c1-3-35-21-10-16(12-29-31-25(34)24(33)28-13-18-5-4-8-36-18)9-20(27)23(21)37-14-22(32)30-17-7-6-15(2)19(26)11-17/h4-12H,3,13-14H2,1-2H3,(H,28,33)(H,30,32)(H,31,34)/b29-12-. The van der Waals surface area contributed by atoms with E-state index in [0.717, 1.165) is 5.56 Å². The van der Waals surface area contributed by atoms with Crippen LogP contribution >= 0.6 is 34.2 Å². The highest BCUT2D eigenvalue weighted by atomic mass is 127. The van der Waals surface area contributed by atoms with E-state index in [1.165, 1.54) is 12.5 Å². The summed E-state index contributed by atoms with van der Waals surface area (Å²) >= 11 is 8.15. The van der Waals surface area contributed by atoms with Crippen LogP contribution in [-0.2, 0) is 20.9 Å². The van der Waals surface area contributed by atoms with Gasteiger partial charge in [-0.25, -0.2) is 5.43 Å². The third-order valence-electron chi connectivity index (χ3n) is 4.72. The first-order chi connectivity index (χ1) is 17.8. The number of ether oxygens (including phenoxy) is 2. The van der Waals surface area contributed by atoms with Crippen LogP contribution in [0.4, 0.5) is 5.69 Å². The molecule has 0 unspecified atom stereocenters. The third kappa shape index (κ3) is 8.50. The highest BCUT2D eigenvalue weighted by molar-refractivity contribution is 14.1. The Labute approximate surface area is 231 Å². The van der Waals surface area contributed by atoms with Crippen molar-refractivity contribution in [2.45, 2.75) is 20.4 Å². The first-order valence-corrected chi connectivity index (χ1v) is 12.5. The van der Waals surface area contributed by atoms with Crippen molar-refractivity contribution in [3.63, 3.8) is 0 Å².